The number of hydrogen-bond donors (Lipinski definition) is 1. The maximum atomic E-state index is 11.9. The average Bonchev–Trinajstić information content (AvgIpc) is 3.12. The number of fused-ring (bicyclic) bond motifs is 3. The molecule has 0 bridgehead atoms. The molecule has 108 valence electrons. The fraction of sp³-hybridized carbons (Fsp3) is 0.308. The van der Waals surface area contributed by atoms with Gasteiger partial charge in [0.15, 0.2) is 5.82 Å². The normalized spacial score (nSPS) is 19.8. The van der Waals surface area contributed by atoms with Gasteiger partial charge in [-0.2, -0.15) is 0 Å². The van der Waals surface area contributed by atoms with Gasteiger partial charge in [0.05, 0.1) is 17.9 Å². The van der Waals surface area contributed by atoms with Crippen molar-refractivity contribution in [3.63, 3.8) is 0 Å². The lowest BCUT2D eigenvalue weighted by atomic mass is 10.2. The summed E-state index contributed by atoms with van der Waals surface area (Å²) in [4.78, 5) is 13.4. The quantitative estimate of drug-likeness (QED) is 0.861. The molecule has 1 amide bonds. The molecule has 1 atom stereocenters. The molecule has 0 unspecified atom stereocenters. The zero-order chi connectivity index (χ0) is 14.4. The summed E-state index contributed by atoms with van der Waals surface area (Å²) in [6.07, 6.45) is 0.996. The van der Waals surface area contributed by atoms with Crippen molar-refractivity contribution in [3.8, 4) is 11.4 Å². The third-order valence-corrected chi connectivity index (χ3v) is 3.63. The average molecular weight is 287 g/mol. The number of amides is 1. The molecule has 3 heterocycles. The highest BCUT2D eigenvalue weighted by Crippen LogP contribution is 2.33. The van der Waals surface area contributed by atoms with Gasteiger partial charge >= 0.3 is 6.09 Å². The summed E-state index contributed by atoms with van der Waals surface area (Å²) < 4.78 is 12.7. The number of anilines is 1. The van der Waals surface area contributed by atoms with Gasteiger partial charge < -0.3 is 15.2 Å². The monoisotopic (exact) mass is 287 g/mol. The van der Waals surface area contributed by atoms with Crippen LogP contribution in [0.5, 0.6) is 5.75 Å². The van der Waals surface area contributed by atoms with Crippen LogP contribution in [0.2, 0.25) is 0 Å². The first-order valence-corrected chi connectivity index (χ1v) is 6.60. The second-order valence-electron chi connectivity index (χ2n) is 4.91. The minimum absolute atomic E-state index is 0.265. The second kappa shape index (κ2) is 4.45. The molecule has 1 aromatic heterocycles. The van der Waals surface area contributed by atoms with E-state index in [4.69, 9.17) is 15.2 Å². The SMILES string of the molecule is NC[C@H]1CN(c2ccc3c(c2)OCc2nncn2-3)C(=O)O1. The van der Waals surface area contributed by atoms with Gasteiger partial charge in [-0.15, -0.1) is 10.2 Å². The van der Waals surface area contributed by atoms with Gasteiger partial charge in [-0.1, -0.05) is 0 Å². The van der Waals surface area contributed by atoms with E-state index >= 15 is 0 Å². The first-order chi connectivity index (χ1) is 10.3. The molecule has 0 saturated carbocycles. The maximum Gasteiger partial charge on any atom is 0.414 e. The van der Waals surface area contributed by atoms with E-state index in [0.717, 1.165) is 17.2 Å². The summed E-state index contributed by atoms with van der Waals surface area (Å²) in [7, 11) is 0. The highest BCUT2D eigenvalue weighted by molar-refractivity contribution is 5.90. The summed E-state index contributed by atoms with van der Waals surface area (Å²) in [5.41, 5.74) is 7.13. The van der Waals surface area contributed by atoms with Gasteiger partial charge in [-0.25, -0.2) is 4.79 Å². The first-order valence-electron chi connectivity index (χ1n) is 6.60. The van der Waals surface area contributed by atoms with Crippen molar-refractivity contribution in [3.05, 3.63) is 30.4 Å². The Labute approximate surface area is 120 Å². The molecular formula is C13H13N5O3. The van der Waals surface area contributed by atoms with Crippen molar-refractivity contribution in [2.24, 2.45) is 5.73 Å². The number of hydrogen-bond acceptors (Lipinski definition) is 6. The van der Waals surface area contributed by atoms with E-state index in [2.05, 4.69) is 10.2 Å². The Morgan fingerprint density at radius 1 is 1.43 bits per heavy atom. The van der Waals surface area contributed by atoms with Gasteiger partial charge in [-0.3, -0.25) is 9.47 Å². The van der Waals surface area contributed by atoms with Crippen LogP contribution in [-0.2, 0) is 11.3 Å². The fourth-order valence-electron chi connectivity index (χ4n) is 2.54. The van der Waals surface area contributed by atoms with E-state index in [-0.39, 0.29) is 12.2 Å². The number of nitrogens with zero attached hydrogens (tertiary/aromatic N) is 4. The van der Waals surface area contributed by atoms with Crippen molar-refractivity contribution >= 4 is 11.8 Å². The van der Waals surface area contributed by atoms with Crippen molar-refractivity contribution in [2.45, 2.75) is 12.7 Å². The number of carbonyl (C=O) groups is 1. The number of nitrogens with two attached hydrogens (primary N) is 1. The molecule has 21 heavy (non-hydrogen) atoms. The number of rotatable bonds is 2. The number of cyclic esters (lactones) is 1. The molecule has 0 spiro atoms. The molecule has 8 nitrogen and oxygen atoms in total. The van der Waals surface area contributed by atoms with Crippen LogP contribution in [0.25, 0.3) is 5.69 Å². The molecule has 0 radical (unpaired) electrons. The van der Waals surface area contributed by atoms with Crippen LogP contribution in [-0.4, -0.2) is 40.1 Å². The van der Waals surface area contributed by atoms with Crippen molar-refractivity contribution in [2.75, 3.05) is 18.0 Å². The molecule has 1 aromatic carbocycles. The van der Waals surface area contributed by atoms with Gasteiger partial charge in [0.2, 0.25) is 0 Å². The van der Waals surface area contributed by atoms with Crippen molar-refractivity contribution in [1.82, 2.24) is 14.8 Å². The topological polar surface area (TPSA) is 95.5 Å². The first kappa shape index (κ1) is 12.2. The predicted octanol–water partition coefficient (Wildman–Crippen LogP) is 0.444. The van der Waals surface area contributed by atoms with E-state index in [1.165, 1.54) is 0 Å². The Morgan fingerprint density at radius 3 is 3.14 bits per heavy atom. The van der Waals surface area contributed by atoms with Crippen LogP contribution < -0.4 is 15.4 Å². The summed E-state index contributed by atoms with van der Waals surface area (Å²) in [5, 5.41) is 7.85. The van der Waals surface area contributed by atoms with Crippen molar-refractivity contribution < 1.29 is 14.3 Å². The van der Waals surface area contributed by atoms with Gasteiger partial charge in [0, 0.05) is 12.6 Å². The van der Waals surface area contributed by atoms with Crippen LogP contribution in [0.4, 0.5) is 10.5 Å². The third kappa shape index (κ3) is 1.83. The van der Waals surface area contributed by atoms with Gasteiger partial charge in [-0.05, 0) is 12.1 Å². The second-order valence-corrected chi connectivity index (χ2v) is 4.91. The lowest BCUT2D eigenvalue weighted by Crippen LogP contribution is -2.27. The molecule has 2 N–H and O–H groups in total. The zero-order valence-corrected chi connectivity index (χ0v) is 11.1. The standard InChI is InChI=1S/C13H13N5O3/c14-4-9-5-17(13(19)21-9)8-1-2-10-11(3-8)20-6-12-16-15-7-18(10)12/h1-3,7,9H,4-6,14H2/t9-/m0/s1. The van der Waals surface area contributed by atoms with Crippen LogP contribution in [0.1, 0.15) is 5.82 Å². The van der Waals surface area contributed by atoms with Crippen LogP contribution in [0.15, 0.2) is 24.5 Å². The molecular weight excluding hydrogens is 274 g/mol. The number of aromatic nitrogens is 3. The molecule has 8 heteroatoms. The molecule has 4 rings (SSSR count). The Kier molecular flexibility index (Phi) is 2.58. The third-order valence-electron chi connectivity index (χ3n) is 3.63. The highest BCUT2D eigenvalue weighted by atomic mass is 16.6. The van der Waals surface area contributed by atoms with E-state index in [9.17, 15) is 4.79 Å². The van der Waals surface area contributed by atoms with E-state index < -0.39 is 0 Å². The fourth-order valence-corrected chi connectivity index (χ4v) is 2.54. The Morgan fingerprint density at radius 2 is 2.33 bits per heavy atom. The summed E-state index contributed by atoms with van der Waals surface area (Å²) in [5.74, 6) is 1.43. The molecule has 2 aliphatic heterocycles. The molecule has 2 aromatic rings. The van der Waals surface area contributed by atoms with E-state index in [0.29, 0.717) is 25.4 Å². The lowest BCUT2D eigenvalue weighted by molar-refractivity contribution is 0.145. The number of carbonyl (C=O) groups excluding carboxylic acids is 1. The van der Waals surface area contributed by atoms with Gasteiger partial charge in [0.25, 0.3) is 0 Å². The highest BCUT2D eigenvalue weighted by Gasteiger charge is 2.32. The Bertz CT molecular complexity index is 714. The van der Waals surface area contributed by atoms with E-state index in [1.807, 2.05) is 22.8 Å². The Hall–Kier alpha value is -2.61. The zero-order valence-electron chi connectivity index (χ0n) is 11.1. The lowest BCUT2D eigenvalue weighted by Gasteiger charge is -2.21. The van der Waals surface area contributed by atoms with E-state index in [1.54, 1.807) is 11.2 Å². The Balaban J connectivity index is 1.70. The summed E-state index contributed by atoms with van der Waals surface area (Å²) in [6.45, 7) is 1.12. The van der Waals surface area contributed by atoms with Crippen molar-refractivity contribution in [1.29, 1.82) is 0 Å². The molecule has 2 aliphatic rings. The predicted molar refractivity (Wildman–Crippen MR) is 72.4 cm³/mol. The number of benzene rings is 1. The van der Waals surface area contributed by atoms with Crippen LogP contribution in [0, 0.1) is 0 Å². The van der Waals surface area contributed by atoms with Crippen LogP contribution >= 0.6 is 0 Å². The summed E-state index contributed by atoms with van der Waals surface area (Å²) in [6, 6.07) is 5.54. The number of ether oxygens (including phenoxy) is 2. The largest absolute Gasteiger partial charge is 0.483 e. The van der Waals surface area contributed by atoms with Crippen LogP contribution in [0.3, 0.4) is 0 Å². The molecule has 1 fully saturated rings. The molecule has 1 saturated heterocycles. The summed E-state index contributed by atoms with van der Waals surface area (Å²) >= 11 is 0. The molecule has 0 aliphatic carbocycles. The maximum absolute atomic E-state index is 11.9. The van der Waals surface area contributed by atoms with Gasteiger partial charge in [0.1, 0.15) is 24.8 Å². The smallest absolute Gasteiger partial charge is 0.414 e. The minimum Gasteiger partial charge on any atom is -0.483 e. The minimum atomic E-state index is -0.383.